The lowest BCUT2D eigenvalue weighted by atomic mass is 9.91. The van der Waals surface area contributed by atoms with E-state index in [0.29, 0.717) is 6.04 Å². The van der Waals surface area contributed by atoms with Gasteiger partial charge in [0, 0.05) is 30.7 Å². The van der Waals surface area contributed by atoms with Crippen LogP contribution in [-0.2, 0) is 0 Å². The molecule has 1 saturated carbocycles. The zero-order valence-corrected chi connectivity index (χ0v) is 13.1. The number of nitrogens with one attached hydrogen (secondary N) is 1. The molecule has 3 atom stereocenters. The summed E-state index contributed by atoms with van der Waals surface area (Å²) in [5, 5.41) is 3.73. The van der Waals surface area contributed by atoms with Crippen LogP contribution in [0.4, 0.5) is 0 Å². The van der Waals surface area contributed by atoms with Gasteiger partial charge in [-0.1, -0.05) is 43.7 Å². The summed E-state index contributed by atoms with van der Waals surface area (Å²) in [6.45, 7) is 9.33. The summed E-state index contributed by atoms with van der Waals surface area (Å²) in [4.78, 5) is 2.80. The normalized spacial score (nSPS) is 34.2. The first-order chi connectivity index (χ1) is 9.57. The number of benzene rings is 1. The molecular weight excluding hydrogens is 244 g/mol. The molecule has 1 aromatic carbocycles. The lowest BCUT2D eigenvalue weighted by Gasteiger charge is -2.48. The maximum Gasteiger partial charge on any atom is 0.0476 e. The Hall–Kier alpha value is -0.860. The van der Waals surface area contributed by atoms with Crippen LogP contribution in [-0.4, -0.2) is 29.6 Å². The molecule has 2 nitrogen and oxygen atoms in total. The SMILES string of the molecule is CC1CCCC1N1CC(C)(C)NCC1c1ccccc1. The summed E-state index contributed by atoms with van der Waals surface area (Å²) in [5.41, 5.74) is 1.70. The van der Waals surface area contributed by atoms with Crippen molar-refractivity contribution in [2.24, 2.45) is 5.92 Å². The number of rotatable bonds is 2. The van der Waals surface area contributed by atoms with Crippen LogP contribution < -0.4 is 5.32 Å². The minimum Gasteiger partial charge on any atom is -0.309 e. The molecule has 1 heterocycles. The smallest absolute Gasteiger partial charge is 0.0476 e. The first-order valence-electron chi connectivity index (χ1n) is 8.12. The van der Waals surface area contributed by atoms with Gasteiger partial charge in [-0.05, 0) is 38.2 Å². The number of nitrogens with zero attached hydrogens (tertiary/aromatic N) is 1. The third-order valence-corrected chi connectivity index (χ3v) is 5.18. The zero-order valence-electron chi connectivity index (χ0n) is 13.1. The van der Waals surface area contributed by atoms with Crippen molar-refractivity contribution in [3.63, 3.8) is 0 Å². The Bertz CT molecular complexity index is 440. The van der Waals surface area contributed by atoms with Crippen LogP contribution in [0.2, 0.25) is 0 Å². The van der Waals surface area contributed by atoms with Gasteiger partial charge in [0.25, 0.3) is 0 Å². The molecule has 0 spiro atoms. The van der Waals surface area contributed by atoms with Gasteiger partial charge in [-0.2, -0.15) is 0 Å². The number of hydrogen-bond donors (Lipinski definition) is 1. The predicted molar refractivity (Wildman–Crippen MR) is 84.8 cm³/mol. The van der Waals surface area contributed by atoms with Crippen molar-refractivity contribution in [3.05, 3.63) is 35.9 Å². The van der Waals surface area contributed by atoms with Gasteiger partial charge in [0.1, 0.15) is 0 Å². The fraction of sp³-hybridized carbons (Fsp3) is 0.667. The molecule has 0 aromatic heterocycles. The Morgan fingerprint density at radius 1 is 1.15 bits per heavy atom. The summed E-state index contributed by atoms with van der Waals surface area (Å²) in [5.74, 6) is 0.843. The topological polar surface area (TPSA) is 15.3 Å². The quantitative estimate of drug-likeness (QED) is 0.885. The Morgan fingerprint density at radius 2 is 1.90 bits per heavy atom. The largest absolute Gasteiger partial charge is 0.309 e. The average molecular weight is 272 g/mol. The second-order valence-corrected chi connectivity index (χ2v) is 7.34. The van der Waals surface area contributed by atoms with E-state index < -0.39 is 0 Å². The van der Waals surface area contributed by atoms with Crippen LogP contribution in [0.25, 0.3) is 0 Å². The van der Waals surface area contributed by atoms with E-state index in [1.807, 2.05) is 0 Å². The Morgan fingerprint density at radius 3 is 2.55 bits per heavy atom. The van der Waals surface area contributed by atoms with Crippen molar-refractivity contribution >= 4 is 0 Å². The molecule has 0 radical (unpaired) electrons. The highest BCUT2D eigenvalue weighted by atomic mass is 15.3. The van der Waals surface area contributed by atoms with Gasteiger partial charge in [-0.25, -0.2) is 0 Å². The van der Waals surface area contributed by atoms with Crippen LogP contribution in [0, 0.1) is 5.92 Å². The van der Waals surface area contributed by atoms with Gasteiger partial charge in [-0.3, -0.25) is 4.90 Å². The summed E-state index contributed by atoms with van der Waals surface area (Å²) < 4.78 is 0. The van der Waals surface area contributed by atoms with E-state index in [4.69, 9.17) is 0 Å². The van der Waals surface area contributed by atoms with E-state index in [2.05, 4.69) is 61.3 Å². The third-order valence-electron chi connectivity index (χ3n) is 5.18. The summed E-state index contributed by atoms with van der Waals surface area (Å²) in [6.07, 6.45) is 4.18. The molecule has 1 aromatic rings. The predicted octanol–water partition coefficient (Wildman–Crippen LogP) is 3.60. The first kappa shape index (κ1) is 14.1. The average Bonchev–Trinajstić information content (AvgIpc) is 2.85. The van der Waals surface area contributed by atoms with E-state index >= 15 is 0 Å². The van der Waals surface area contributed by atoms with E-state index in [1.165, 1.54) is 24.8 Å². The number of piperazine rings is 1. The van der Waals surface area contributed by atoms with Gasteiger partial charge in [-0.15, -0.1) is 0 Å². The Kier molecular flexibility index (Phi) is 3.87. The van der Waals surface area contributed by atoms with Gasteiger partial charge < -0.3 is 5.32 Å². The van der Waals surface area contributed by atoms with Crippen molar-refractivity contribution in [1.82, 2.24) is 10.2 Å². The molecule has 2 fully saturated rings. The molecule has 1 aliphatic heterocycles. The summed E-state index contributed by atoms with van der Waals surface area (Å²) >= 11 is 0. The number of hydrogen-bond acceptors (Lipinski definition) is 2. The molecule has 2 heteroatoms. The summed E-state index contributed by atoms with van der Waals surface area (Å²) in [6, 6.07) is 12.3. The Labute approximate surface area is 123 Å². The maximum absolute atomic E-state index is 3.73. The highest BCUT2D eigenvalue weighted by Crippen LogP contribution is 2.37. The summed E-state index contributed by atoms with van der Waals surface area (Å²) in [7, 11) is 0. The lowest BCUT2D eigenvalue weighted by Crippen LogP contribution is -2.60. The fourth-order valence-corrected chi connectivity index (χ4v) is 4.06. The third kappa shape index (κ3) is 2.77. The van der Waals surface area contributed by atoms with Crippen LogP contribution in [0.3, 0.4) is 0 Å². The van der Waals surface area contributed by atoms with E-state index in [-0.39, 0.29) is 5.54 Å². The monoisotopic (exact) mass is 272 g/mol. The molecule has 1 saturated heterocycles. The molecule has 1 N–H and O–H groups in total. The van der Waals surface area contributed by atoms with Crippen LogP contribution in [0.15, 0.2) is 30.3 Å². The van der Waals surface area contributed by atoms with Gasteiger partial charge in [0.2, 0.25) is 0 Å². The van der Waals surface area contributed by atoms with Crippen molar-refractivity contribution < 1.29 is 0 Å². The van der Waals surface area contributed by atoms with Crippen molar-refractivity contribution in [2.45, 2.75) is 57.7 Å². The molecular formula is C18H28N2. The second kappa shape index (κ2) is 5.50. The second-order valence-electron chi connectivity index (χ2n) is 7.34. The standard InChI is InChI=1S/C18H28N2/c1-14-8-7-11-16(14)20-13-18(2,3)19-12-17(20)15-9-5-4-6-10-15/h4-6,9-10,14,16-17,19H,7-8,11-13H2,1-3H3. The minimum absolute atomic E-state index is 0.230. The van der Waals surface area contributed by atoms with E-state index in [9.17, 15) is 0 Å². The van der Waals surface area contributed by atoms with Gasteiger partial charge in [0.15, 0.2) is 0 Å². The van der Waals surface area contributed by atoms with E-state index in [0.717, 1.165) is 25.0 Å². The first-order valence-corrected chi connectivity index (χ1v) is 8.12. The van der Waals surface area contributed by atoms with Crippen molar-refractivity contribution in [1.29, 1.82) is 0 Å². The highest BCUT2D eigenvalue weighted by Gasteiger charge is 2.40. The zero-order chi connectivity index (χ0) is 14.2. The molecule has 1 aliphatic carbocycles. The van der Waals surface area contributed by atoms with Gasteiger partial charge >= 0.3 is 0 Å². The van der Waals surface area contributed by atoms with Gasteiger partial charge in [0.05, 0.1) is 0 Å². The van der Waals surface area contributed by atoms with Crippen molar-refractivity contribution in [3.8, 4) is 0 Å². The minimum atomic E-state index is 0.230. The Balaban J connectivity index is 1.87. The fourth-order valence-electron chi connectivity index (χ4n) is 4.06. The molecule has 20 heavy (non-hydrogen) atoms. The van der Waals surface area contributed by atoms with Crippen LogP contribution in [0.1, 0.15) is 51.6 Å². The molecule has 110 valence electrons. The molecule has 2 aliphatic rings. The van der Waals surface area contributed by atoms with Crippen molar-refractivity contribution in [2.75, 3.05) is 13.1 Å². The molecule has 3 rings (SSSR count). The molecule has 3 unspecified atom stereocenters. The maximum atomic E-state index is 3.73. The van der Waals surface area contributed by atoms with Crippen LogP contribution >= 0.6 is 0 Å². The molecule has 0 amide bonds. The van der Waals surface area contributed by atoms with Crippen LogP contribution in [0.5, 0.6) is 0 Å². The molecule has 0 bridgehead atoms. The highest BCUT2D eigenvalue weighted by molar-refractivity contribution is 5.21. The lowest BCUT2D eigenvalue weighted by molar-refractivity contribution is 0.0401. The van der Waals surface area contributed by atoms with E-state index in [1.54, 1.807) is 0 Å².